The molecule has 0 saturated carbocycles. The molecular formula is C17H14Cl2N2O5S. The minimum Gasteiger partial charge on any atom is -0.495 e. The van der Waals surface area contributed by atoms with Crippen molar-refractivity contribution < 1.29 is 22.7 Å². The molecule has 142 valence electrons. The predicted molar refractivity (Wildman–Crippen MR) is 102 cm³/mol. The molecule has 0 bridgehead atoms. The van der Waals surface area contributed by atoms with Gasteiger partial charge in [0.05, 0.1) is 23.5 Å². The van der Waals surface area contributed by atoms with Gasteiger partial charge in [-0.1, -0.05) is 23.2 Å². The number of hydrogen-bond donors (Lipinski definition) is 1. The third-order valence-corrected chi connectivity index (χ3v) is 5.86. The van der Waals surface area contributed by atoms with Crippen LogP contribution in [0.1, 0.15) is 12.8 Å². The van der Waals surface area contributed by atoms with E-state index in [4.69, 9.17) is 27.9 Å². The van der Waals surface area contributed by atoms with Crippen LogP contribution in [0, 0.1) is 0 Å². The van der Waals surface area contributed by atoms with Crippen LogP contribution in [-0.2, 0) is 19.6 Å². The van der Waals surface area contributed by atoms with Crippen LogP contribution in [0.5, 0.6) is 5.75 Å². The van der Waals surface area contributed by atoms with Gasteiger partial charge in [0.25, 0.3) is 10.0 Å². The standard InChI is InChI=1S/C17H14Cl2N2O5S/c1-26-14-5-3-11(21-16(22)6-7-17(21)23)9-15(14)27(24,25)20-13-4-2-10(18)8-12(13)19/h2-5,8-9,20H,6-7H2,1H3. The molecule has 0 unspecified atom stereocenters. The number of anilines is 2. The zero-order chi connectivity index (χ0) is 19.8. The molecule has 1 aliphatic heterocycles. The van der Waals surface area contributed by atoms with Crippen molar-refractivity contribution in [3.8, 4) is 5.75 Å². The molecule has 2 amide bonds. The van der Waals surface area contributed by atoms with E-state index in [-0.39, 0.29) is 51.7 Å². The van der Waals surface area contributed by atoms with E-state index in [1.54, 1.807) is 0 Å². The Morgan fingerprint density at radius 3 is 2.30 bits per heavy atom. The maximum absolute atomic E-state index is 12.9. The fourth-order valence-corrected chi connectivity index (χ4v) is 4.43. The number of hydrogen-bond acceptors (Lipinski definition) is 5. The maximum atomic E-state index is 12.9. The third kappa shape index (κ3) is 3.87. The molecular weight excluding hydrogens is 415 g/mol. The first kappa shape index (κ1) is 19.5. The molecule has 1 N–H and O–H groups in total. The normalized spacial score (nSPS) is 14.6. The number of methoxy groups -OCH3 is 1. The Bertz CT molecular complexity index is 1020. The summed E-state index contributed by atoms with van der Waals surface area (Å²) < 4.78 is 33.2. The summed E-state index contributed by atoms with van der Waals surface area (Å²) in [5, 5.41) is 0.472. The fraction of sp³-hybridized carbons (Fsp3) is 0.176. The summed E-state index contributed by atoms with van der Waals surface area (Å²) in [6.07, 6.45) is 0.178. The molecule has 0 atom stereocenters. The summed E-state index contributed by atoms with van der Waals surface area (Å²) in [4.78, 5) is 24.6. The Morgan fingerprint density at radius 1 is 1.04 bits per heavy atom. The van der Waals surface area contributed by atoms with Crippen molar-refractivity contribution in [2.45, 2.75) is 17.7 Å². The van der Waals surface area contributed by atoms with Crippen molar-refractivity contribution in [1.82, 2.24) is 0 Å². The summed E-state index contributed by atoms with van der Waals surface area (Å²) in [5.41, 5.74) is 0.285. The minimum absolute atomic E-state index is 0.0513. The highest BCUT2D eigenvalue weighted by molar-refractivity contribution is 7.92. The lowest BCUT2D eigenvalue weighted by Crippen LogP contribution is -2.28. The smallest absolute Gasteiger partial charge is 0.265 e. The number of carbonyl (C=O) groups is 2. The number of rotatable bonds is 5. The van der Waals surface area contributed by atoms with Crippen LogP contribution in [0.3, 0.4) is 0 Å². The molecule has 1 saturated heterocycles. The Morgan fingerprint density at radius 2 is 1.70 bits per heavy atom. The van der Waals surface area contributed by atoms with Crippen molar-refractivity contribution in [1.29, 1.82) is 0 Å². The average molecular weight is 429 g/mol. The van der Waals surface area contributed by atoms with Crippen LogP contribution >= 0.6 is 23.2 Å². The van der Waals surface area contributed by atoms with Crippen LogP contribution in [0.25, 0.3) is 0 Å². The first-order chi connectivity index (χ1) is 12.7. The number of halogens is 2. The van der Waals surface area contributed by atoms with Crippen molar-refractivity contribution in [3.05, 3.63) is 46.4 Å². The Kier molecular flexibility index (Phi) is 5.32. The van der Waals surface area contributed by atoms with Crippen molar-refractivity contribution >= 4 is 56.4 Å². The first-order valence-electron chi connectivity index (χ1n) is 7.74. The second kappa shape index (κ2) is 7.38. The summed E-state index contributed by atoms with van der Waals surface area (Å²) in [6.45, 7) is 0. The van der Waals surface area contributed by atoms with Gasteiger partial charge in [-0.2, -0.15) is 0 Å². The molecule has 2 aromatic carbocycles. The summed E-state index contributed by atoms with van der Waals surface area (Å²) in [5.74, 6) is -0.722. The predicted octanol–water partition coefficient (Wildman–Crippen LogP) is 3.46. The minimum atomic E-state index is -4.13. The lowest BCUT2D eigenvalue weighted by molar-refractivity contribution is -0.121. The summed E-state index contributed by atoms with van der Waals surface area (Å²) in [7, 11) is -2.82. The summed E-state index contributed by atoms with van der Waals surface area (Å²) in [6, 6.07) is 8.36. The van der Waals surface area contributed by atoms with Crippen molar-refractivity contribution in [2.75, 3.05) is 16.7 Å². The van der Waals surface area contributed by atoms with E-state index in [9.17, 15) is 18.0 Å². The molecule has 1 heterocycles. The highest BCUT2D eigenvalue weighted by Crippen LogP contribution is 2.34. The molecule has 2 aromatic rings. The lowest BCUT2D eigenvalue weighted by atomic mass is 10.2. The van der Waals surface area contributed by atoms with Gasteiger partial charge in [0.1, 0.15) is 10.6 Å². The first-order valence-corrected chi connectivity index (χ1v) is 9.98. The van der Waals surface area contributed by atoms with Gasteiger partial charge in [0, 0.05) is 17.9 Å². The second-order valence-electron chi connectivity index (χ2n) is 5.69. The molecule has 3 rings (SSSR count). The third-order valence-electron chi connectivity index (χ3n) is 3.92. The number of imide groups is 1. The Balaban J connectivity index is 2.04. The molecule has 27 heavy (non-hydrogen) atoms. The van der Waals surface area contributed by atoms with Crippen LogP contribution < -0.4 is 14.4 Å². The van der Waals surface area contributed by atoms with E-state index in [0.29, 0.717) is 5.02 Å². The van der Waals surface area contributed by atoms with Crippen molar-refractivity contribution in [3.63, 3.8) is 0 Å². The number of sulfonamides is 1. The van der Waals surface area contributed by atoms with Crippen LogP contribution in [-0.4, -0.2) is 27.3 Å². The van der Waals surface area contributed by atoms with E-state index >= 15 is 0 Å². The number of amides is 2. The van der Waals surface area contributed by atoms with Gasteiger partial charge in [0.15, 0.2) is 0 Å². The summed E-state index contributed by atoms with van der Waals surface area (Å²) >= 11 is 11.9. The molecule has 0 radical (unpaired) electrons. The van der Waals surface area contributed by atoms with Gasteiger partial charge in [-0.05, 0) is 36.4 Å². The fourth-order valence-electron chi connectivity index (χ4n) is 2.65. The highest BCUT2D eigenvalue weighted by atomic mass is 35.5. The molecule has 1 fully saturated rings. The van der Waals surface area contributed by atoms with E-state index in [0.717, 1.165) is 4.90 Å². The number of nitrogens with zero attached hydrogens (tertiary/aromatic N) is 1. The van der Waals surface area contributed by atoms with E-state index in [1.807, 2.05) is 0 Å². The van der Waals surface area contributed by atoms with Crippen molar-refractivity contribution in [2.24, 2.45) is 0 Å². The molecule has 10 heteroatoms. The van der Waals surface area contributed by atoms with Gasteiger partial charge in [-0.3, -0.25) is 19.2 Å². The molecule has 7 nitrogen and oxygen atoms in total. The monoisotopic (exact) mass is 428 g/mol. The van der Waals surface area contributed by atoms with Gasteiger partial charge in [-0.15, -0.1) is 0 Å². The average Bonchev–Trinajstić information content (AvgIpc) is 2.95. The molecule has 0 aliphatic carbocycles. The molecule has 0 spiro atoms. The second-order valence-corrected chi connectivity index (χ2v) is 8.18. The maximum Gasteiger partial charge on any atom is 0.265 e. The SMILES string of the molecule is COc1ccc(N2C(=O)CCC2=O)cc1S(=O)(=O)Nc1ccc(Cl)cc1Cl. The number of ether oxygens (including phenoxy) is 1. The number of benzene rings is 2. The molecule has 1 aliphatic rings. The lowest BCUT2D eigenvalue weighted by Gasteiger charge is -2.18. The van der Waals surface area contributed by atoms with Crippen LogP contribution in [0.4, 0.5) is 11.4 Å². The Labute approximate surface area is 165 Å². The number of nitrogens with one attached hydrogen (secondary N) is 1. The van der Waals surface area contributed by atoms with Gasteiger partial charge in [-0.25, -0.2) is 8.42 Å². The number of carbonyl (C=O) groups excluding carboxylic acids is 2. The van der Waals surface area contributed by atoms with Crippen LogP contribution in [0.15, 0.2) is 41.3 Å². The highest BCUT2D eigenvalue weighted by Gasteiger charge is 2.32. The Hall–Kier alpha value is -2.29. The topological polar surface area (TPSA) is 92.8 Å². The zero-order valence-corrected chi connectivity index (χ0v) is 16.4. The van der Waals surface area contributed by atoms with Crippen LogP contribution in [0.2, 0.25) is 10.0 Å². The van der Waals surface area contributed by atoms with Gasteiger partial charge >= 0.3 is 0 Å². The van der Waals surface area contributed by atoms with Gasteiger partial charge < -0.3 is 4.74 Å². The molecule has 0 aromatic heterocycles. The van der Waals surface area contributed by atoms with E-state index < -0.39 is 10.0 Å². The quantitative estimate of drug-likeness (QED) is 0.735. The van der Waals surface area contributed by atoms with E-state index in [1.165, 1.54) is 43.5 Å². The van der Waals surface area contributed by atoms with Gasteiger partial charge in [0.2, 0.25) is 11.8 Å². The zero-order valence-electron chi connectivity index (χ0n) is 14.0. The van der Waals surface area contributed by atoms with E-state index in [2.05, 4.69) is 4.72 Å². The largest absolute Gasteiger partial charge is 0.495 e.